The predicted molar refractivity (Wildman–Crippen MR) is 121 cm³/mol. The zero-order valence-corrected chi connectivity index (χ0v) is 18.1. The molecule has 9 nitrogen and oxygen atoms in total. The van der Waals surface area contributed by atoms with Crippen LogP contribution in [0.15, 0.2) is 53.3 Å². The summed E-state index contributed by atoms with van der Waals surface area (Å²) in [5.74, 6) is 0.170. The van der Waals surface area contributed by atoms with E-state index in [1.54, 1.807) is 13.0 Å². The van der Waals surface area contributed by atoms with Crippen LogP contribution < -0.4 is 11.1 Å². The van der Waals surface area contributed by atoms with Crippen LogP contribution in [0.3, 0.4) is 0 Å². The topological polar surface area (TPSA) is 129 Å². The van der Waals surface area contributed by atoms with Gasteiger partial charge in [-0.25, -0.2) is 23.7 Å². The minimum Gasteiger partial charge on any atom is -0.421 e. The highest BCUT2D eigenvalue weighted by molar-refractivity contribution is 5.84. The number of fused-ring (bicyclic) bond motifs is 1. The molecule has 4 heterocycles. The van der Waals surface area contributed by atoms with Crippen LogP contribution in [0, 0.1) is 18.6 Å². The van der Waals surface area contributed by atoms with Gasteiger partial charge in [-0.15, -0.1) is 10.2 Å². The summed E-state index contributed by atoms with van der Waals surface area (Å²) in [6, 6.07) is 8.26. The molecule has 34 heavy (non-hydrogen) atoms. The van der Waals surface area contributed by atoms with Crippen molar-refractivity contribution < 1.29 is 13.2 Å². The molecule has 1 aromatic carbocycles. The summed E-state index contributed by atoms with van der Waals surface area (Å²) >= 11 is 0. The number of hydrogen-bond acceptors (Lipinski definition) is 9. The second kappa shape index (κ2) is 8.43. The Morgan fingerprint density at radius 1 is 1.00 bits per heavy atom. The van der Waals surface area contributed by atoms with E-state index in [-0.39, 0.29) is 11.7 Å². The molecule has 5 aromatic rings. The molecule has 4 aromatic heterocycles. The van der Waals surface area contributed by atoms with Crippen molar-refractivity contribution in [2.75, 3.05) is 11.1 Å². The SMILES string of the molecule is Cc1nnc(-c2c(N)ncnc2NC(C)c2cc3ccc(F)cc3nc2-c2cc(F)ccn2)o1. The number of halogens is 2. The molecule has 5 rings (SSSR count). The molecule has 0 aliphatic carbocycles. The number of pyridine rings is 2. The molecule has 170 valence electrons. The van der Waals surface area contributed by atoms with E-state index in [0.717, 1.165) is 0 Å². The van der Waals surface area contributed by atoms with Crippen molar-refractivity contribution in [3.8, 4) is 22.8 Å². The van der Waals surface area contributed by atoms with E-state index in [0.29, 0.717) is 45.1 Å². The second-order valence-corrected chi connectivity index (χ2v) is 7.60. The number of aromatic nitrogens is 6. The van der Waals surface area contributed by atoms with Crippen LogP contribution in [0.5, 0.6) is 0 Å². The van der Waals surface area contributed by atoms with Crippen LogP contribution in [0.2, 0.25) is 0 Å². The van der Waals surface area contributed by atoms with Crippen molar-refractivity contribution in [3.05, 3.63) is 72.0 Å². The molecule has 0 fully saturated rings. The second-order valence-electron chi connectivity index (χ2n) is 7.60. The molecule has 1 unspecified atom stereocenters. The van der Waals surface area contributed by atoms with Crippen LogP contribution in [0.25, 0.3) is 33.7 Å². The zero-order valence-electron chi connectivity index (χ0n) is 18.1. The fourth-order valence-electron chi connectivity index (χ4n) is 3.63. The molecule has 0 spiro atoms. The number of benzene rings is 1. The summed E-state index contributed by atoms with van der Waals surface area (Å²) < 4.78 is 33.4. The summed E-state index contributed by atoms with van der Waals surface area (Å²) in [4.78, 5) is 17.2. The average Bonchev–Trinajstić information content (AvgIpc) is 3.23. The monoisotopic (exact) mass is 460 g/mol. The van der Waals surface area contributed by atoms with E-state index < -0.39 is 17.7 Å². The van der Waals surface area contributed by atoms with Crippen LogP contribution in [-0.2, 0) is 0 Å². The molecule has 0 saturated carbocycles. The third kappa shape index (κ3) is 3.98. The number of nitrogens with two attached hydrogens (primary N) is 1. The first-order chi connectivity index (χ1) is 16.4. The number of aryl methyl sites for hydroxylation is 1. The summed E-state index contributed by atoms with van der Waals surface area (Å²) in [6.45, 7) is 3.53. The van der Waals surface area contributed by atoms with Crippen molar-refractivity contribution in [1.82, 2.24) is 30.1 Å². The van der Waals surface area contributed by atoms with Crippen molar-refractivity contribution >= 4 is 22.5 Å². The summed E-state index contributed by atoms with van der Waals surface area (Å²) in [6.07, 6.45) is 2.67. The number of anilines is 2. The average molecular weight is 460 g/mol. The normalized spacial score (nSPS) is 12.1. The van der Waals surface area contributed by atoms with Crippen LogP contribution in [0.4, 0.5) is 20.4 Å². The Morgan fingerprint density at radius 2 is 1.82 bits per heavy atom. The van der Waals surface area contributed by atoms with E-state index in [2.05, 4.69) is 35.5 Å². The number of hydrogen-bond donors (Lipinski definition) is 2. The van der Waals surface area contributed by atoms with Gasteiger partial charge in [-0.2, -0.15) is 0 Å². The van der Waals surface area contributed by atoms with Gasteiger partial charge in [0, 0.05) is 36.2 Å². The molecule has 0 bridgehead atoms. The van der Waals surface area contributed by atoms with Crippen molar-refractivity contribution in [1.29, 1.82) is 0 Å². The maximum Gasteiger partial charge on any atom is 0.255 e. The Bertz CT molecular complexity index is 1520. The van der Waals surface area contributed by atoms with Crippen LogP contribution in [-0.4, -0.2) is 30.1 Å². The maximum atomic E-state index is 14.0. The summed E-state index contributed by atoms with van der Waals surface area (Å²) in [5, 5.41) is 11.9. The van der Waals surface area contributed by atoms with Gasteiger partial charge in [0.05, 0.1) is 22.9 Å². The lowest BCUT2D eigenvalue weighted by atomic mass is 10.0. The smallest absolute Gasteiger partial charge is 0.255 e. The Hall–Kier alpha value is -4.54. The molecule has 0 saturated heterocycles. The number of rotatable bonds is 5. The van der Waals surface area contributed by atoms with Gasteiger partial charge in [0.15, 0.2) is 0 Å². The maximum absolute atomic E-state index is 14.0. The summed E-state index contributed by atoms with van der Waals surface area (Å²) in [7, 11) is 0. The number of nitrogens with one attached hydrogen (secondary N) is 1. The van der Waals surface area contributed by atoms with Gasteiger partial charge in [0.2, 0.25) is 5.89 Å². The van der Waals surface area contributed by atoms with E-state index in [1.807, 2.05) is 13.0 Å². The fraction of sp³-hybridized carbons (Fsp3) is 0.130. The third-order valence-electron chi connectivity index (χ3n) is 5.21. The first-order valence-electron chi connectivity index (χ1n) is 10.3. The van der Waals surface area contributed by atoms with Gasteiger partial charge in [0.25, 0.3) is 5.89 Å². The molecule has 0 amide bonds. The molecule has 3 N–H and O–H groups in total. The molecule has 11 heteroatoms. The molecular formula is C23H18F2N8O. The lowest BCUT2D eigenvalue weighted by molar-refractivity contribution is 0.532. The molecule has 0 aliphatic rings. The fourth-order valence-corrected chi connectivity index (χ4v) is 3.63. The Morgan fingerprint density at radius 3 is 2.59 bits per heavy atom. The Kier molecular flexibility index (Phi) is 5.28. The van der Waals surface area contributed by atoms with Gasteiger partial charge in [-0.05, 0) is 31.2 Å². The molecule has 0 radical (unpaired) electrons. The molecule has 0 aliphatic heterocycles. The Labute approximate surface area is 192 Å². The van der Waals surface area contributed by atoms with Gasteiger partial charge in [-0.3, -0.25) is 4.98 Å². The highest BCUT2D eigenvalue weighted by Crippen LogP contribution is 2.35. The molecule has 1 atom stereocenters. The van der Waals surface area contributed by atoms with Gasteiger partial charge < -0.3 is 15.5 Å². The Balaban J connectivity index is 1.63. The first kappa shape index (κ1) is 21.3. The van der Waals surface area contributed by atoms with Crippen molar-refractivity contribution in [2.45, 2.75) is 19.9 Å². The predicted octanol–water partition coefficient (Wildman–Crippen LogP) is 4.48. The van der Waals surface area contributed by atoms with Crippen molar-refractivity contribution in [3.63, 3.8) is 0 Å². The van der Waals surface area contributed by atoms with Crippen LogP contribution in [0.1, 0.15) is 24.4 Å². The third-order valence-corrected chi connectivity index (χ3v) is 5.21. The number of nitrogens with zero attached hydrogens (tertiary/aromatic N) is 6. The highest BCUT2D eigenvalue weighted by Gasteiger charge is 2.22. The van der Waals surface area contributed by atoms with Gasteiger partial charge in [-0.1, -0.05) is 0 Å². The zero-order chi connectivity index (χ0) is 23.8. The quantitative estimate of drug-likeness (QED) is 0.390. The van der Waals surface area contributed by atoms with E-state index in [9.17, 15) is 8.78 Å². The van der Waals surface area contributed by atoms with E-state index >= 15 is 0 Å². The molecular weight excluding hydrogens is 442 g/mol. The van der Waals surface area contributed by atoms with Crippen molar-refractivity contribution in [2.24, 2.45) is 0 Å². The van der Waals surface area contributed by atoms with Gasteiger partial charge >= 0.3 is 0 Å². The van der Waals surface area contributed by atoms with E-state index in [4.69, 9.17) is 10.2 Å². The van der Waals surface area contributed by atoms with Crippen LogP contribution >= 0.6 is 0 Å². The largest absolute Gasteiger partial charge is 0.421 e. The number of nitrogen functional groups attached to an aromatic ring is 1. The summed E-state index contributed by atoms with van der Waals surface area (Å²) in [5.41, 5.74) is 8.25. The minimum atomic E-state index is -0.463. The standard InChI is InChI=1S/C23H18F2N8O/c1-11(30-22-19(21(26)28-10-29-22)23-33-32-12(2)34-23)16-7-13-3-4-14(24)8-17(13)31-20(16)18-9-15(25)5-6-27-18/h3-11H,1-2H3,(H3,26,28,29,30). The minimum absolute atomic E-state index is 0.160. The van der Waals surface area contributed by atoms with E-state index in [1.165, 1.54) is 36.8 Å². The highest BCUT2D eigenvalue weighted by atomic mass is 19.1. The van der Waals surface area contributed by atoms with Gasteiger partial charge in [0.1, 0.15) is 35.2 Å². The first-order valence-corrected chi connectivity index (χ1v) is 10.3. The lowest BCUT2D eigenvalue weighted by Gasteiger charge is -2.20. The lowest BCUT2D eigenvalue weighted by Crippen LogP contribution is -2.13.